The number of esters is 1. The molecule has 0 bridgehead atoms. The van der Waals surface area contributed by atoms with E-state index in [4.69, 9.17) is 9.26 Å². The Kier molecular flexibility index (Phi) is 4.90. The van der Waals surface area contributed by atoms with E-state index in [2.05, 4.69) is 15.5 Å². The van der Waals surface area contributed by atoms with Gasteiger partial charge in [0.1, 0.15) is 0 Å². The third-order valence-electron chi connectivity index (χ3n) is 3.40. The zero-order chi connectivity index (χ0) is 18.9. The summed E-state index contributed by atoms with van der Waals surface area (Å²) >= 11 is 1.01. The minimum Gasteiger partial charge on any atom is -0.456 e. The topological polar surface area (TPSA) is 94.3 Å². The van der Waals surface area contributed by atoms with Gasteiger partial charge in [-0.15, -0.1) is 11.8 Å². The van der Waals surface area contributed by atoms with Gasteiger partial charge in [0, 0.05) is 4.90 Å². The molecule has 0 aliphatic carbocycles. The predicted molar refractivity (Wildman–Crippen MR) is 83.2 cm³/mol. The van der Waals surface area contributed by atoms with Crippen molar-refractivity contribution in [3.8, 4) is 0 Å². The summed E-state index contributed by atoms with van der Waals surface area (Å²) in [7, 11) is 0. The van der Waals surface area contributed by atoms with Crippen molar-refractivity contribution in [2.75, 3.05) is 5.32 Å². The number of ether oxygens (including phenoxy) is 1. The molecule has 2 aromatic rings. The van der Waals surface area contributed by atoms with Crippen molar-refractivity contribution in [1.29, 1.82) is 0 Å². The Morgan fingerprint density at radius 3 is 2.85 bits per heavy atom. The number of hydrogen-bond donors (Lipinski definition) is 1. The van der Waals surface area contributed by atoms with Gasteiger partial charge in [-0.1, -0.05) is 5.16 Å². The van der Waals surface area contributed by atoms with Gasteiger partial charge in [0.2, 0.25) is 5.91 Å². The van der Waals surface area contributed by atoms with E-state index in [9.17, 15) is 22.8 Å². The molecule has 11 heteroatoms. The van der Waals surface area contributed by atoms with Crippen LogP contribution in [-0.4, -0.2) is 27.3 Å². The number of alkyl halides is 3. The van der Waals surface area contributed by atoms with Crippen molar-refractivity contribution in [2.45, 2.75) is 36.3 Å². The average Bonchev–Trinajstić information content (AvgIpc) is 2.98. The van der Waals surface area contributed by atoms with Gasteiger partial charge in [-0.05, 0) is 25.1 Å². The number of amides is 1. The van der Waals surface area contributed by atoms with Crippen molar-refractivity contribution < 1.29 is 32.0 Å². The number of nitrogens with one attached hydrogen (secondary N) is 1. The number of hydrogen-bond acceptors (Lipinski definition) is 7. The number of benzene rings is 1. The third kappa shape index (κ3) is 4.15. The minimum absolute atomic E-state index is 0.0702. The number of carbonyl (C=O) groups excluding carboxylic acids is 2. The van der Waals surface area contributed by atoms with E-state index in [1.807, 2.05) is 0 Å². The molecule has 26 heavy (non-hydrogen) atoms. The van der Waals surface area contributed by atoms with Crippen LogP contribution in [0.15, 0.2) is 27.6 Å². The number of aryl methyl sites for hydroxylation is 1. The Hall–Kier alpha value is -2.56. The lowest BCUT2D eigenvalue weighted by molar-refractivity contribution is -0.146. The summed E-state index contributed by atoms with van der Waals surface area (Å²) in [6.45, 7) is 1.39. The first-order valence-corrected chi connectivity index (χ1v) is 8.24. The summed E-state index contributed by atoms with van der Waals surface area (Å²) < 4.78 is 48.0. The Morgan fingerprint density at radius 2 is 2.19 bits per heavy atom. The van der Waals surface area contributed by atoms with Crippen LogP contribution in [0.3, 0.4) is 0 Å². The van der Waals surface area contributed by atoms with E-state index in [-0.39, 0.29) is 24.6 Å². The van der Waals surface area contributed by atoms with Crippen LogP contribution < -0.4 is 5.32 Å². The summed E-state index contributed by atoms with van der Waals surface area (Å²) in [5.41, 5.74) is -0.786. The highest BCUT2D eigenvalue weighted by Crippen LogP contribution is 2.40. The van der Waals surface area contributed by atoms with Crippen LogP contribution in [-0.2, 0) is 27.1 Å². The molecule has 138 valence electrons. The van der Waals surface area contributed by atoms with Crippen LogP contribution in [0.25, 0.3) is 0 Å². The van der Waals surface area contributed by atoms with Gasteiger partial charge in [-0.3, -0.25) is 9.59 Å². The molecule has 7 nitrogen and oxygen atoms in total. The van der Waals surface area contributed by atoms with Gasteiger partial charge < -0.3 is 14.6 Å². The molecule has 2 heterocycles. The normalized spacial score (nSPS) is 16.8. The van der Waals surface area contributed by atoms with Crippen LogP contribution >= 0.6 is 11.8 Å². The highest BCUT2D eigenvalue weighted by atomic mass is 32.2. The lowest BCUT2D eigenvalue weighted by Crippen LogP contribution is -2.31. The zero-order valence-corrected chi connectivity index (χ0v) is 14.1. The van der Waals surface area contributed by atoms with Crippen LogP contribution in [0.2, 0.25) is 0 Å². The maximum absolute atomic E-state index is 12.7. The quantitative estimate of drug-likeness (QED) is 0.806. The van der Waals surface area contributed by atoms with Crippen molar-refractivity contribution in [1.82, 2.24) is 10.1 Å². The molecule has 1 aromatic carbocycles. The minimum atomic E-state index is -4.50. The maximum atomic E-state index is 12.7. The highest BCUT2D eigenvalue weighted by molar-refractivity contribution is 8.01. The van der Waals surface area contributed by atoms with Crippen LogP contribution in [0.1, 0.15) is 23.7 Å². The molecule has 0 fully saturated rings. The SMILES string of the molecule is Cc1noc(COC(=O)CC2Sc3ccc(C(F)(F)F)cc3NC2=O)n1. The molecule has 1 amide bonds. The van der Waals surface area contributed by atoms with Gasteiger partial charge in [0.15, 0.2) is 12.4 Å². The molecule has 0 saturated heterocycles. The molecular formula is C15H12F3N3O4S. The molecule has 1 N–H and O–H groups in total. The number of rotatable bonds is 4. The fraction of sp³-hybridized carbons (Fsp3) is 0.333. The van der Waals surface area contributed by atoms with E-state index in [1.165, 1.54) is 6.07 Å². The Balaban J connectivity index is 1.62. The number of carbonyl (C=O) groups is 2. The third-order valence-corrected chi connectivity index (χ3v) is 4.68. The molecule has 3 rings (SSSR count). The molecule has 0 radical (unpaired) electrons. The van der Waals surface area contributed by atoms with Gasteiger partial charge in [0.25, 0.3) is 5.89 Å². The first-order chi connectivity index (χ1) is 12.2. The van der Waals surface area contributed by atoms with E-state index >= 15 is 0 Å². The van der Waals surface area contributed by atoms with Crippen molar-refractivity contribution in [3.05, 3.63) is 35.5 Å². The molecule has 1 unspecified atom stereocenters. The number of fused-ring (bicyclic) bond motifs is 1. The van der Waals surface area contributed by atoms with Gasteiger partial charge in [-0.2, -0.15) is 18.2 Å². The summed E-state index contributed by atoms with van der Waals surface area (Å²) in [6, 6.07) is 3.06. The molecule has 0 saturated carbocycles. The fourth-order valence-corrected chi connectivity index (χ4v) is 3.29. The first kappa shape index (κ1) is 18.2. The highest BCUT2D eigenvalue weighted by Gasteiger charge is 2.34. The Morgan fingerprint density at radius 1 is 1.42 bits per heavy atom. The average molecular weight is 387 g/mol. The molecule has 1 aliphatic rings. The Bertz CT molecular complexity index is 853. The Labute approximate surface area is 149 Å². The number of aromatic nitrogens is 2. The molecular weight excluding hydrogens is 375 g/mol. The first-order valence-electron chi connectivity index (χ1n) is 7.36. The summed E-state index contributed by atoms with van der Waals surface area (Å²) in [6.07, 6.45) is -4.75. The van der Waals surface area contributed by atoms with E-state index < -0.39 is 28.9 Å². The van der Waals surface area contributed by atoms with Crippen LogP contribution in [0.4, 0.5) is 18.9 Å². The molecule has 0 spiro atoms. The van der Waals surface area contributed by atoms with Gasteiger partial charge in [0.05, 0.1) is 22.9 Å². The van der Waals surface area contributed by atoms with Crippen LogP contribution in [0, 0.1) is 6.92 Å². The second-order valence-corrected chi connectivity index (χ2v) is 6.65. The van der Waals surface area contributed by atoms with E-state index in [1.54, 1.807) is 6.92 Å². The number of nitrogens with zero attached hydrogens (tertiary/aromatic N) is 2. The largest absolute Gasteiger partial charge is 0.456 e. The van der Waals surface area contributed by atoms with Crippen LogP contribution in [0.5, 0.6) is 0 Å². The molecule has 1 atom stereocenters. The van der Waals surface area contributed by atoms with Crippen molar-refractivity contribution >= 4 is 29.3 Å². The standard InChI is InChI=1S/C15H12F3N3O4S/c1-7-19-12(25-21-7)6-24-13(22)5-11-14(23)20-9-4-8(15(16,17)18)2-3-10(9)26-11/h2-4,11H,5-6H2,1H3,(H,20,23). The van der Waals surface area contributed by atoms with E-state index in [0.717, 1.165) is 23.9 Å². The van der Waals surface area contributed by atoms with Crippen molar-refractivity contribution in [3.63, 3.8) is 0 Å². The number of anilines is 1. The second-order valence-electron chi connectivity index (χ2n) is 5.40. The number of thioether (sulfide) groups is 1. The molecule has 1 aliphatic heterocycles. The predicted octanol–water partition coefficient (Wildman–Crippen LogP) is 2.94. The van der Waals surface area contributed by atoms with Gasteiger partial charge >= 0.3 is 12.1 Å². The summed E-state index contributed by atoms with van der Waals surface area (Å²) in [5, 5.41) is 5.13. The zero-order valence-electron chi connectivity index (χ0n) is 13.3. The van der Waals surface area contributed by atoms with E-state index in [0.29, 0.717) is 10.7 Å². The summed E-state index contributed by atoms with van der Waals surface area (Å²) in [4.78, 5) is 28.3. The second kappa shape index (κ2) is 6.98. The smallest absolute Gasteiger partial charge is 0.416 e. The maximum Gasteiger partial charge on any atom is 0.416 e. The monoisotopic (exact) mass is 387 g/mol. The van der Waals surface area contributed by atoms with Crippen molar-refractivity contribution in [2.24, 2.45) is 0 Å². The lowest BCUT2D eigenvalue weighted by atomic mass is 10.1. The van der Waals surface area contributed by atoms with Gasteiger partial charge in [-0.25, -0.2) is 0 Å². The number of halogens is 3. The fourth-order valence-electron chi connectivity index (χ4n) is 2.21. The lowest BCUT2D eigenvalue weighted by Gasteiger charge is -2.24. The summed E-state index contributed by atoms with van der Waals surface area (Å²) in [5.74, 6) is -0.703. The molecule has 1 aromatic heterocycles.